The van der Waals surface area contributed by atoms with Gasteiger partial charge in [-0.05, 0) is 44.2 Å². The second-order valence-electron chi connectivity index (χ2n) is 10.6. The molecule has 2 fully saturated rings. The number of carbonyl (C=O) groups is 3. The zero-order chi connectivity index (χ0) is 27.0. The minimum atomic E-state index is -1.29. The van der Waals surface area contributed by atoms with Crippen LogP contribution in [0.3, 0.4) is 0 Å². The van der Waals surface area contributed by atoms with E-state index in [0.29, 0.717) is 38.8 Å². The Morgan fingerprint density at radius 1 is 1.08 bits per heavy atom. The van der Waals surface area contributed by atoms with Crippen LogP contribution in [-0.2, 0) is 30.5 Å². The maximum atomic E-state index is 14.3. The highest BCUT2D eigenvalue weighted by Gasteiger charge is 2.71. The average molecular weight is 536 g/mol. The van der Waals surface area contributed by atoms with Crippen LogP contribution in [-0.4, -0.2) is 91.7 Å². The quantitative estimate of drug-likeness (QED) is 0.321. The Kier molecular flexibility index (Phi) is 6.94. The number of fused-ring (bicyclic) bond motifs is 3. The highest BCUT2D eigenvalue weighted by atomic mass is 16.6. The van der Waals surface area contributed by atoms with Crippen molar-refractivity contribution in [3.63, 3.8) is 0 Å². The van der Waals surface area contributed by atoms with Gasteiger partial charge in [-0.3, -0.25) is 14.4 Å². The van der Waals surface area contributed by atoms with Gasteiger partial charge in [0.2, 0.25) is 5.91 Å². The molecule has 2 aromatic rings. The number of hydrogen-bond donors (Lipinski definition) is 1. The molecule has 1 unspecified atom stereocenters. The van der Waals surface area contributed by atoms with Gasteiger partial charge in [0.05, 0.1) is 24.1 Å². The molecule has 5 atom stereocenters. The fourth-order valence-corrected chi connectivity index (χ4v) is 6.42. The van der Waals surface area contributed by atoms with Crippen molar-refractivity contribution in [2.45, 2.75) is 56.5 Å². The maximum absolute atomic E-state index is 14.3. The predicted molar refractivity (Wildman–Crippen MR) is 139 cm³/mol. The van der Waals surface area contributed by atoms with Crippen LogP contribution in [0.15, 0.2) is 48.6 Å². The number of amides is 2. The van der Waals surface area contributed by atoms with Crippen molar-refractivity contribution in [3.8, 4) is 0 Å². The van der Waals surface area contributed by atoms with Gasteiger partial charge in [0.25, 0.3) is 5.91 Å². The summed E-state index contributed by atoms with van der Waals surface area (Å²) in [5.41, 5.74) is 0.237. The Bertz CT molecular complexity index is 1320. The first-order valence-corrected chi connectivity index (χ1v) is 13.7. The monoisotopic (exact) mass is 535 g/mol. The van der Waals surface area contributed by atoms with Crippen LogP contribution in [0.4, 0.5) is 0 Å². The van der Waals surface area contributed by atoms with Gasteiger partial charge in [0.1, 0.15) is 29.7 Å². The molecule has 1 aromatic heterocycles. The third-order valence-electron chi connectivity index (χ3n) is 8.22. The average Bonchev–Trinajstić information content (AvgIpc) is 3.54. The summed E-state index contributed by atoms with van der Waals surface area (Å²) in [5, 5.41) is 17.7. The molecule has 2 saturated heterocycles. The number of likely N-dealkylation sites (tertiary alicyclic amines) is 1. The predicted octanol–water partition coefficient (Wildman–Crippen LogP) is 1.42. The molecule has 0 bridgehead atoms. The van der Waals surface area contributed by atoms with Gasteiger partial charge in [-0.15, -0.1) is 5.10 Å². The van der Waals surface area contributed by atoms with Crippen LogP contribution in [0, 0.1) is 11.8 Å². The Balaban J connectivity index is 1.37. The number of rotatable bonds is 7. The maximum Gasteiger partial charge on any atom is 0.312 e. The molecule has 206 valence electrons. The molecule has 6 rings (SSSR count). The van der Waals surface area contributed by atoms with E-state index in [9.17, 15) is 19.5 Å². The van der Waals surface area contributed by atoms with E-state index in [1.54, 1.807) is 14.5 Å². The van der Waals surface area contributed by atoms with Gasteiger partial charge in [-0.1, -0.05) is 41.7 Å². The molecule has 4 aliphatic heterocycles. The Labute approximate surface area is 226 Å². The SMILES string of the molecule is O=C1OCCC/C=C\[C@H]2O[C@]34C=CCN(Cn5nnc6ccccc65)C(=O)C3N(CCCCCO)C(=O)[C@@H]4[C@@H]12. The molecule has 4 aliphatic rings. The molecular formula is C28H33N5O6. The Morgan fingerprint density at radius 2 is 1.95 bits per heavy atom. The first-order valence-electron chi connectivity index (χ1n) is 13.7. The van der Waals surface area contributed by atoms with E-state index in [-0.39, 0.29) is 31.7 Å². The van der Waals surface area contributed by atoms with Crippen LogP contribution in [0.2, 0.25) is 0 Å². The molecule has 1 N–H and O–H groups in total. The lowest BCUT2D eigenvalue weighted by Crippen LogP contribution is -2.55. The van der Waals surface area contributed by atoms with E-state index in [1.165, 1.54) is 0 Å². The van der Waals surface area contributed by atoms with Crippen molar-refractivity contribution in [2.75, 3.05) is 26.3 Å². The number of ether oxygens (including phenoxy) is 2. The van der Waals surface area contributed by atoms with E-state index in [2.05, 4.69) is 10.3 Å². The summed E-state index contributed by atoms with van der Waals surface area (Å²) in [5.74, 6) is -2.69. The van der Waals surface area contributed by atoms with Crippen molar-refractivity contribution in [1.82, 2.24) is 24.8 Å². The summed E-state index contributed by atoms with van der Waals surface area (Å²) < 4.78 is 13.8. The molecule has 0 aliphatic carbocycles. The van der Waals surface area contributed by atoms with Crippen molar-refractivity contribution in [3.05, 3.63) is 48.6 Å². The third-order valence-corrected chi connectivity index (χ3v) is 8.22. The largest absolute Gasteiger partial charge is 0.465 e. The number of aromatic nitrogens is 3. The molecule has 0 radical (unpaired) electrons. The zero-order valence-electron chi connectivity index (χ0n) is 21.7. The van der Waals surface area contributed by atoms with Gasteiger partial charge in [-0.25, -0.2) is 4.68 Å². The summed E-state index contributed by atoms with van der Waals surface area (Å²) >= 11 is 0. The number of esters is 1. The van der Waals surface area contributed by atoms with Crippen LogP contribution < -0.4 is 0 Å². The fourth-order valence-electron chi connectivity index (χ4n) is 6.42. The number of nitrogens with zero attached hydrogens (tertiary/aromatic N) is 5. The first-order chi connectivity index (χ1) is 19.0. The standard InChI is InChI=1S/C28H33N5O6/c34-16-7-2-6-15-32-24-26(36)31(18-33-20-11-5-4-10-19(20)29-30-33)14-9-13-28(24)23(25(32)35)22-21(39-28)12-3-1-8-17-38-27(22)37/h3-5,9-13,21-24,34H,1-2,6-8,14-18H2/b12-3-/t21-,22+,23+,24?,28+/m1/s1. The van der Waals surface area contributed by atoms with Crippen molar-refractivity contribution < 1.29 is 29.0 Å². The van der Waals surface area contributed by atoms with Crippen molar-refractivity contribution in [2.24, 2.45) is 11.8 Å². The molecule has 11 heteroatoms. The fraction of sp³-hybridized carbons (Fsp3) is 0.536. The highest BCUT2D eigenvalue weighted by molar-refractivity contribution is 5.99. The molecule has 1 aromatic carbocycles. The Morgan fingerprint density at radius 3 is 2.82 bits per heavy atom. The number of benzene rings is 1. The van der Waals surface area contributed by atoms with Gasteiger partial charge < -0.3 is 24.4 Å². The molecule has 2 amide bonds. The Hall–Kier alpha value is -3.57. The van der Waals surface area contributed by atoms with Gasteiger partial charge in [0, 0.05) is 19.7 Å². The number of para-hydroxylation sites is 1. The topological polar surface area (TPSA) is 127 Å². The highest BCUT2D eigenvalue weighted by Crippen LogP contribution is 2.53. The molecule has 5 heterocycles. The van der Waals surface area contributed by atoms with E-state index in [1.807, 2.05) is 48.6 Å². The molecule has 0 saturated carbocycles. The van der Waals surface area contributed by atoms with Crippen LogP contribution in [0.1, 0.15) is 32.1 Å². The summed E-state index contributed by atoms with van der Waals surface area (Å²) in [7, 11) is 0. The molecule has 11 nitrogen and oxygen atoms in total. The second-order valence-corrected chi connectivity index (χ2v) is 10.6. The van der Waals surface area contributed by atoms with E-state index in [4.69, 9.17) is 9.47 Å². The summed E-state index contributed by atoms with van der Waals surface area (Å²) in [6, 6.07) is 6.60. The minimum absolute atomic E-state index is 0.0658. The number of aliphatic hydroxyl groups is 1. The van der Waals surface area contributed by atoms with Crippen LogP contribution in [0.5, 0.6) is 0 Å². The van der Waals surface area contributed by atoms with Crippen LogP contribution >= 0.6 is 0 Å². The van der Waals surface area contributed by atoms with Gasteiger partial charge >= 0.3 is 5.97 Å². The summed E-state index contributed by atoms with van der Waals surface area (Å²) in [6.45, 7) is 1.12. The first kappa shape index (κ1) is 25.7. The minimum Gasteiger partial charge on any atom is -0.465 e. The number of hydrogen-bond acceptors (Lipinski definition) is 8. The lowest BCUT2D eigenvalue weighted by Gasteiger charge is -2.35. The van der Waals surface area contributed by atoms with E-state index >= 15 is 0 Å². The third kappa shape index (κ3) is 4.33. The van der Waals surface area contributed by atoms with Gasteiger partial charge in [-0.2, -0.15) is 0 Å². The number of cyclic esters (lactones) is 1. The number of unbranched alkanes of at least 4 members (excludes halogenated alkanes) is 2. The molecular weight excluding hydrogens is 502 g/mol. The molecule has 39 heavy (non-hydrogen) atoms. The summed E-state index contributed by atoms with van der Waals surface area (Å²) in [4.78, 5) is 44.9. The normalized spacial score (nSPS) is 31.3. The lowest BCUT2D eigenvalue weighted by atomic mass is 9.78. The number of aliphatic hydroxyl groups excluding tert-OH is 1. The summed E-state index contributed by atoms with van der Waals surface area (Å²) in [6.07, 6.45) is 10.2. The smallest absolute Gasteiger partial charge is 0.312 e. The molecule has 1 spiro atoms. The zero-order valence-corrected chi connectivity index (χ0v) is 21.7. The lowest BCUT2D eigenvalue weighted by molar-refractivity contribution is -0.155. The van der Waals surface area contributed by atoms with Crippen molar-refractivity contribution in [1.29, 1.82) is 0 Å². The second kappa shape index (κ2) is 10.5. The number of allylic oxidation sites excluding steroid dienone is 1. The van der Waals surface area contributed by atoms with Crippen LogP contribution in [0.25, 0.3) is 11.0 Å². The van der Waals surface area contributed by atoms with E-state index in [0.717, 1.165) is 17.5 Å². The van der Waals surface area contributed by atoms with Gasteiger partial charge in [0.15, 0.2) is 0 Å². The van der Waals surface area contributed by atoms with E-state index < -0.39 is 35.6 Å². The number of carbonyl (C=O) groups excluding carboxylic acids is 3. The van der Waals surface area contributed by atoms with Crippen molar-refractivity contribution >= 4 is 28.8 Å².